The average molecular weight is 307 g/mol. The minimum atomic E-state index is -0.703. The number of hydrogen-bond donors (Lipinski definition) is 3. The number of hydrogen-bond acceptors (Lipinski definition) is 5. The van der Waals surface area contributed by atoms with Crippen LogP contribution in [0.25, 0.3) is 10.2 Å². The first-order valence-electron chi connectivity index (χ1n) is 7.05. The van der Waals surface area contributed by atoms with Crippen molar-refractivity contribution in [1.29, 1.82) is 0 Å². The van der Waals surface area contributed by atoms with Gasteiger partial charge in [0.15, 0.2) is 0 Å². The van der Waals surface area contributed by atoms with Crippen molar-refractivity contribution in [1.82, 2.24) is 15.3 Å². The molecule has 0 aromatic carbocycles. The Bertz CT molecular complexity index is 709. The van der Waals surface area contributed by atoms with Gasteiger partial charge in [0.1, 0.15) is 10.5 Å². The van der Waals surface area contributed by atoms with Crippen molar-refractivity contribution in [2.24, 2.45) is 11.8 Å². The molecule has 0 radical (unpaired) electrons. The Morgan fingerprint density at radius 2 is 2.38 bits per heavy atom. The first kappa shape index (κ1) is 14.2. The standard InChI is InChI=1S/C14H17N3O3S/c18-13-12-10(4-5-21-12)16-11(17-13)7-15-6-8-2-1-3-9(8)14(19)20/h4-5,8-9,15H,1-3,6-7H2,(H,19,20)(H,16,17,18). The van der Waals surface area contributed by atoms with Crippen LogP contribution in [0.1, 0.15) is 25.1 Å². The molecule has 0 saturated heterocycles. The Morgan fingerprint density at radius 1 is 1.52 bits per heavy atom. The molecule has 2 unspecified atom stereocenters. The van der Waals surface area contributed by atoms with E-state index in [0.717, 1.165) is 19.3 Å². The molecule has 1 saturated carbocycles. The number of carboxylic acids is 1. The molecule has 0 amide bonds. The van der Waals surface area contributed by atoms with E-state index in [-0.39, 0.29) is 17.4 Å². The second kappa shape index (κ2) is 5.95. The van der Waals surface area contributed by atoms with E-state index >= 15 is 0 Å². The number of aromatic amines is 1. The van der Waals surface area contributed by atoms with Crippen molar-refractivity contribution >= 4 is 27.5 Å². The van der Waals surface area contributed by atoms with Crippen LogP contribution in [0.2, 0.25) is 0 Å². The summed E-state index contributed by atoms with van der Waals surface area (Å²) < 4.78 is 0.639. The first-order valence-corrected chi connectivity index (χ1v) is 7.93. The molecule has 0 aliphatic heterocycles. The summed E-state index contributed by atoms with van der Waals surface area (Å²) in [5, 5.41) is 14.2. The number of nitrogens with one attached hydrogen (secondary N) is 2. The molecule has 0 spiro atoms. The molecule has 1 aliphatic carbocycles. The normalized spacial score (nSPS) is 21.9. The van der Waals surface area contributed by atoms with Gasteiger partial charge in [0, 0.05) is 0 Å². The molecule has 112 valence electrons. The zero-order valence-corrected chi connectivity index (χ0v) is 12.3. The Morgan fingerprint density at radius 3 is 3.19 bits per heavy atom. The van der Waals surface area contributed by atoms with Gasteiger partial charge in [0.05, 0.1) is 18.0 Å². The fourth-order valence-electron chi connectivity index (χ4n) is 2.99. The smallest absolute Gasteiger partial charge is 0.306 e. The number of aromatic nitrogens is 2. The van der Waals surface area contributed by atoms with Crippen molar-refractivity contribution in [2.75, 3.05) is 6.54 Å². The van der Waals surface area contributed by atoms with Gasteiger partial charge in [0.25, 0.3) is 5.56 Å². The van der Waals surface area contributed by atoms with Crippen molar-refractivity contribution in [3.8, 4) is 0 Å². The van der Waals surface area contributed by atoms with E-state index in [4.69, 9.17) is 5.11 Å². The van der Waals surface area contributed by atoms with Crippen LogP contribution in [0.4, 0.5) is 0 Å². The predicted octanol–water partition coefficient (Wildman–Crippen LogP) is 1.58. The van der Waals surface area contributed by atoms with Gasteiger partial charge in [-0.05, 0) is 36.8 Å². The number of H-pyrrole nitrogens is 1. The lowest BCUT2D eigenvalue weighted by Crippen LogP contribution is -2.29. The van der Waals surface area contributed by atoms with Crippen molar-refractivity contribution in [3.63, 3.8) is 0 Å². The predicted molar refractivity (Wildman–Crippen MR) is 80.4 cm³/mol. The van der Waals surface area contributed by atoms with Crippen LogP contribution in [0.15, 0.2) is 16.2 Å². The third kappa shape index (κ3) is 2.98. The number of rotatable bonds is 5. The molecular formula is C14H17N3O3S. The van der Waals surface area contributed by atoms with Crippen molar-refractivity contribution < 1.29 is 9.90 Å². The highest BCUT2D eigenvalue weighted by atomic mass is 32.1. The topological polar surface area (TPSA) is 95.1 Å². The summed E-state index contributed by atoms with van der Waals surface area (Å²) in [6, 6.07) is 1.83. The Hall–Kier alpha value is -1.73. The monoisotopic (exact) mass is 307 g/mol. The molecule has 1 fully saturated rings. The SMILES string of the molecule is O=C(O)C1CCCC1CNCc1nc2ccsc2c(=O)[nH]1. The van der Waals surface area contributed by atoms with Crippen molar-refractivity contribution in [2.45, 2.75) is 25.8 Å². The molecule has 3 N–H and O–H groups in total. The molecule has 3 rings (SSSR count). The summed E-state index contributed by atoms with van der Waals surface area (Å²) >= 11 is 1.38. The minimum absolute atomic E-state index is 0.115. The van der Waals surface area contributed by atoms with Crippen LogP contribution < -0.4 is 10.9 Å². The second-order valence-electron chi connectivity index (χ2n) is 5.41. The molecule has 2 heterocycles. The highest BCUT2D eigenvalue weighted by Crippen LogP contribution is 2.31. The summed E-state index contributed by atoms with van der Waals surface area (Å²) in [6.45, 7) is 1.09. The average Bonchev–Trinajstić information content (AvgIpc) is 3.07. The molecule has 2 aromatic heterocycles. The number of nitrogens with zero attached hydrogens (tertiary/aromatic N) is 1. The van der Waals surface area contributed by atoms with Crippen LogP contribution in [-0.4, -0.2) is 27.6 Å². The number of carboxylic acid groups (broad SMARTS) is 1. The first-order chi connectivity index (χ1) is 10.1. The highest BCUT2D eigenvalue weighted by Gasteiger charge is 2.32. The Labute approximate surface area is 125 Å². The number of carbonyl (C=O) groups is 1. The molecule has 7 heteroatoms. The third-order valence-electron chi connectivity index (χ3n) is 4.04. The van der Waals surface area contributed by atoms with E-state index in [1.165, 1.54) is 11.3 Å². The van der Waals surface area contributed by atoms with E-state index in [2.05, 4.69) is 15.3 Å². The summed E-state index contributed by atoms with van der Waals surface area (Å²) in [7, 11) is 0. The minimum Gasteiger partial charge on any atom is -0.481 e. The summed E-state index contributed by atoms with van der Waals surface area (Å²) in [4.78, 5) is 30.1. The number of fused-ring (bicyclic) bond motifs is 1. The quantitative estimate of drug-likeness (QED) is 0.779. The molecule has 2 atom stereocenters. The van der Waals surface area contributed by atoms with E-state index in [0.29, 0.717) is 29.1 Å². The Balaban J connectivity index is 1.61. The van der Waals surface area contributed by atoms with Crippen LogP contribution >= 0.6 is 11.3 Å². The zero-order valence-electron chi connectivity index (χ0n) is 11.5. The maximum absolute atomic E-state index is 11.8. The number of thiophene rings is 1. The van der Waals surface area contributed by atoms with Gasteiger partial charge in [-0.1, -0.05) is 6.42 Å². The fraction of sp³-hybridized carbons (Fsp3) is 0.500. The molecule has 21 heavy (non-hydrogen) atoms. The Kier molecular flexibility index (Phi) is 4.03. The van der Waals surface area contributed by atoms with Gasteiger partial charge in [-0.15, -0.1) is 11.3 Å². The molecule has 0 bridgehead atoms. The molecule has 6 nitrogen and oxygen atoms in total. The van der Waals surface area contributed by atoms with Crippen LogP contribution in [0, 0.1) is 11.8 Å². The van der Waals surface area contributed by atoms with E-state index in [1.807, 2.05) is 11.4 Å². The lowest BCUT2D eigenvalue weighted by atomic mass is 9.96. The molecule has 2 aromatic rings. The summed E-state index contributed by atoms with van der Waals surface area (Å²) in [6.07, 6.45) is 2.67. The second-order valence-corrected chi connectivity index (χ2v) is 6.33. The fourth-order valence-corrected chi connectivity index (χ4v) is 3.71. The molecular weight excluding hydrogens is 290 g/mol. The summed E-state index contributed by atoms with van der Waals surface area (Å²) in [5.41, 5.74) is 0.598. The molecule has 1 aliphatic rings. The van der Waals surface area contributed by atoms with E-state index < -0.39 is 5.97 Å². The lowest BCUT2D eigenvalue weighted by Gasteiger charge is -2.16. The van der Waals surface area contributed by atoms with Crippen molar-refractivity contribution in [3.05, 3.63) is 27.6 Å². The highest BCUT2D eigenvalue weighted by molar-refractivity contribution is 7.17. The van der Waals surface area contributed by atoms with E-state index in [9.17, 15) is 9.59 Å². The third-order valence-corrected chi connectivity index (χ3v) is 4.94. The lowest BCUT2D eigenvalue weighted by molar-refractivity contribution is -0.142. The summed E-state index contributed by atoms with van der Waals surface area (Å²) in [5.74, 6) is -0.191. The zero-order chi connectivity index (χ0) is 14.8. The van der Waals surface area contributed by atoms with Gasteiger partial charge in [-0.25, -0.2) is 4.98 Å². The van der Waals surface area contributed by atoms with Gasteiger partial charge in [-0.2, -0.15) is 0 Å². The number of aliphatic carboxylic acids is 1. The van der Waals surface area contributed by atoms with Crippen LogP contribution in [0.3, 0.4) is 0 Å². The van der Waals surface area contributed by atoms with Crippen LogP contribution in [0.5, 0.6) is 0 Å². The van der Waals surface area contributed by atoms with Gasteiger partial charge in [-0.3, -0.25) is 9.59 Å². The van der Waals surface area contributed by atoms with Crippen LogP contribution in [-0.2, 0) is 11.3 Å². The van der Waals surface area contributed by atoms with Gasteiger partial charge in [0.2, 0.25) is 0 Å². The largest absolute Gasteiger partial charge is 0.481 e. The van der Waals surface area contributed by atoms with Gasteiger partial charge >= 0.3 is 5.97 Å². The maximum atomic E-state index is 11.8. The van der Waals surface area contributed by atoms with E-state index in [1.54, 1.807) is 0 Å². The van der Waals surface area contributed by atoms with Gasteiger partial charge < -0.3 is 15.4 Å². The maximum Gasteiger partial charge on any atom is 0.306 e.